The molecule has 0 saturated carbocycles. The molecule has 0 saturated heterocycles. The van der Waals surface area contributed by atoms with Gasteiger partial charge in [0.1, 0.15) is 23.6 Å². The molecule has 0 bridgehead atoms. The fourth-order valence-electron chi connectivity index (χ4n) is 3.27. The number of hydrogen-bond donors (Lipinski definition) is 2. The summed E-state index contributed by atoms with van der Waals surface area (Å²) in [5, 5.41) is 3.39. The minimum Gasteiger partial charge on any atom is -0.469 e. The molecule has 134 valence electrons. The molecule has 7 heteroatoms. The number of H-pyrrole nitrogens is 1. The van der Waals surface area contributed by atoms with Crippen molar-refractivity contribution in [3.05, 3.63) is 65.8 Å². The number of aromatic amines is 1. The van der Waals surface area contributed by atoms with Crippen molar-refractivity contribution in [1.29, 1.82) is 0 Å². The summed E-state index contributed by atoms with van der Waals surface area (Å²) >= 11 is 0. The van der Waals surface area contributed by atoms with Crippen molar-refractivity contribution in [2.75, 3.05) is 25.0 Å². The molecule has 1 aliphatic rings. The molecule has 0 fully saturated rings. The topological polar surface area (TPSA) is 87.0 Å². The van der Waals surface area contributed by atoms with Crippen LogP contribution in [-0.4, -0.2) is 45.4 Å². The molecule has 2 N–H and O–H groups in total. The van der Waals surface area contributed by atoms with E-state index in [0.29, 0.717) is 18.8 Å². The second-order valence-electron chi connectivity index (χ2n) is 6.28. The van der Waals surface area contributed by atoms with Crippen LogP contribution in [0.15, 0.2) is 47.5 Å². The molecule has 0 atom stereocenters. The third kappa shape index (κ3) is 3.46. The van der Waals surface area contributed by atoms with Crippen LogP contribution >= 0.6 is 0 Å². The number of rotatable bonds is 5. The number of hydrogen-bond acceptors (Lipinski definition) is 5. The van der Waals surface area contributed by atoms with E-state index in [2.05, 4.69) is 20.3 Å². The summed E-state index contributed by atoms with van der Waals surface area (Å²) in [6, 6.07) is 7.50. The second-order valence-corrected chi connectivity index (χ2v) is 6.28. The van der Waals surface area contributed by atoms with Crippen molar-refractivity contribution >= 4 is 11.7 Å². The van der Waals surface area contributed by atoms with E-state index in [4.69, 9.17) is 4.42 Å². The van der Waals surface area contributed by atoms with Crippen molar-refractivity contribution in [2.45, 2.75) is 19.3 Å². The summed E-state index contributed by atoms with van der Waals surface area (Å²) in [6.45, 7) is 2.06. The molecule has 26 heavy (non-hydrogen) atoms. The summed E-state index contributed by atoms with van der Waals surface area (Å²) in [5.74, 6) is 1.83. The van der Waals surface area contributed by atoms with E-state index < -0.39 is 0 Å². The Morgan fingerprint density at radius 1 is 1.23 bits per heavy atom. The van der Waals surface area contributed by atoms with E-state index in [0.717, 1.165) is 48.6 Å². The number of carbonyl (C=O) groups excluding carboxylic acids is 1. The van der Waals surface area contributed by atoms with Crippen molar-refractivity contribution in [3.8, 4) is 0 Å². The number of aromatic nitrogens is 3. The lowest BCUT2D eigenvalue weighted by atomic mass is 10.1. The number of nitrogens with zero attached hydrogens (tertiary/aromatic N) is 3. The molecule has 0 aliphatic carbocycles. The normalized spacial score (nSPS) is 13.9. The summed E-state index contributed by atoms with van der Waals surface area (Å²) in [4.78, 5) is 26.3. The molecular formula is C19H21N5O2. The Bertz CT molecular complexity index is 858. The molecule has 0 radical (unpaired) electrons. The van der Waals surface area contributed by atoms with E-state index in [9.17, 15) is 4.79 Å². The predicted octanol–water partition coefficient (Wildman–Crippen LogP) is 2.29. The fraction of sp³-hybridized carbons (Fsp3) is 0.316. The number of nitrogens with one attached hydrogen (secondary N) is 2. The average Bonchev–Trinajstić information content (AvgIpc) is 3.33. The Hall–Kier alpha value is -3.09. The number of furan rings is 1. The second kappa shape index (κ2) is 7.43. The minimum absolute atomic E-state index is 0.0306. The highest BCUT2D eigenvalue weighted by Gasteiger charge is 2.22. The van der Waals surface area contributed by atoms with E-state index in [-0.39, 0.29) is 5.91 Å². The standard InChI is InChI=1S/C19H21N5O2/c25-19(17-4-1-8-20-17)24-10-6-15-16(7-11-24)22-13-23-18(15)21-9-5-14-3-2-12-26-14/h1-4,8,12-13,20H,5-7,9-11H2,(H,21,22,23). The number of fused-ring (bicyclic) bond motifs is 1. The zero-order valence-corrected chi connectivity index (χ0v) is 14.4. The van der Waals surface area contributed by atoms with Gasteiger partial charge in [0.2, 0.25) is 0 Å². The highest BCUT2D eigenvalue weighted by atomic mass is 16.3. The Balaban J connectivity index is 1.43. The molecule has 0 aromatic carbocycles. The van der Waals surface area contributed by atoms with Crippen LogP contribution in [0.1, 0.15) is 27.5 Å². The highest BCUT2D eigenvalue weighted by molar-refractivity contribution is 5.92. The fourth-order valence-corrected chi connectivity index (χ4v) is 3.27. The number of amides is 1. The van der Waals surface area contributed by atoms with Crippen molar-refractivity contribution in [2.24, 2.45) is 0 Å². The van der Waals surface area contributed by atoms with Crippen molar-refractivity contribution < 1.29 is 9.21 Å². The first-order valence-corrected chi connectivity index (χ1v) is 8.83. The lowest BCUT2D eigenvalue weighted by Gasteiger charge is -2.19. The van der Waals surface area contributed by atoms with Gasteiger partial charge in [0.05, 0.1) is 12.0 Å². The molecule has 4 rings (SSSR count). The van der Waals surface area contributed by atoms with Crippen LogP contribution < -0.4 is 5.32 Å². The van der Waals surface area contributed by atoms with Crippen LogP contribution in [0.25, 0.3) is 0 Å². The molecule has 1 aliphatic heterocycles. The van der Waals surface area contributed by atoms with Crippen LogP contribution in [-0.2, 0) is 19.3 Å². The SMILES string of the molecule is O=C(c1ccc[nH]1)N1CCc2ncnc(NCCc3ccco3)c2CC1. The van der Waals surface area contributed by atoms with Gasteiger partial charge in [-0.15, -0.1) is 0 Å². The van der Waals surface area contributed by atoms with Gasteiger partial charge in [-0.2, -0.15) is 0 Å². The smallest absolute Gasteiger partial charge is 0.270 e. The molecule has 4 heterocycles. The third-order valence-corrected chi connectivity index (χ3v) is 4.64. The van der Waals surface area contributed by atoms with E-state index >= 15 is 0 Å². The summed E-state index contributed by atoms with van der Waals surface area (Å²) in [6.07, 6.45) is 7.32. The first kappa shape index (κ1) is 16.4. The van der Waals surface area contributed by atoms with Crippen LogP contribution in [0.4, 0.5) is 5.82 Å². The summed E-state index contributed by atoms with van der Waals surface area (Å²) in [7, 11) is 0. The zero-order chi connectivity index (χ0) is 17.8. The summed E-state index contributed by atoms with van der Waals surface area (Å²) in [5.41, 5.74) is 2.75. The van der Waals surface area contributed by atoms with E-state index in [1.54, 1.807) is 18.8 Å². The van der Waals surface area contributed by atoms with Crippen LogP contribution in [0.3, 0.4) is 0 Å². The van der Waals surface area contributed by atoms with Crippen LogP contribution in [0.2, 0.25) is 0 Å². The number of anilines is 1. The zero-order valence-electron chi connectivity index (χ0n) is 14.4. The molecule has 3 aromatic heterocycles. The first-order valence-electron chi connectivity index (χ1n) is 8.83. The maximum Gasteiger partial charge on any atom is 0.270 e. The van der Waals surface area contributed by atoms with Gasteiger partial charge in [-0.3, -0.25) is 4.79 Å². The predicted molar refractivity (Wildman–Crippen MR) is 97.0 cm³/mol. The Labute approximate surface area is 151 Å². The minimum atomic E-state index is 0.0306. The Morgan fingerprint density at radius 2 is 2.15 bits per heavy atom. The molecule has 0 spiro atoms. The Kier molecular flexibility index (Phi) is 4.68. The van der Waals surface area contributed by atoms with Gasteiger partial charge < -0.3 is 19.6 Å². The maximum atomic E-state index is 12.6. The van der Waals surface area contributed by atoms with Crippen molar-refractivity contribution in [1.82, 2.24) is 19.9 Å². The molecule has 1 amide bonds. The average molecular weight is 351 g/mol. The van der Waals surface area contributed by atoms with Gasteiger partial charge in [0.25, 0.3) is 5.91 Å². The molecule has 3 aromatic rings. The summed E-state index contributed by atoms with van der Waals surface area (Å²) < 4.78 is 5.36. The molecule has 0 unspecified atom stereocenters. The highest BCUT2D eigenvalue weighted by Crippen LogP contribution is 2.21. The van der Waals surface area contributed by atoms with Gasteiger partial charge in [-0.1, -0.05) is 0 Å². The van der Waals surface area contributed by atoms with Crippen molar-refractivity contribution in [3.63, 3.8) is 0 Å². The van der Waals surface area contributed by atoms with Crippen LogP contribution in [0.5, 0.6) is 0 Å². The Morgan fingerprint density at radius 3 is 2.96 bits per heavy atom. The van der Waals surface area contributed by atoms with Gasteiger partial charge in [0, 0.05) is 44.2 Å². The van der Waals surface area contributed by atoms with Gasteiger partial charge >= 0.3 is 0 Å². The maximum absolute atomic E-state index is 12.6. The van der Waals surface area contributed by atoms with Gasteiger partial charge in [-0.25, -0.2) is 9.97 Å². The van der Waals surface area contributed by atoms with Gasteiger partial charge in [-0.05, 0) is 30.7 Å². The lowest BCUT2D eigenvalue weighted by Crippen LogP contribution is -2.33. The number of carbonyl (C=O) groups is 1. The van der Waals surface area contributed by atoms with E-state index in [1.165, 1.54) is 0 Å². The monoisotopic (exact) mass is 351 g/mol. The quantitative estimate of drug-likeness (QED) is 0.736. The van der Waals surface area contributed by atoms with Gasteiger partial charge in [0.15, 0.2) is 0 Å². The first-order chi connectivity index (χ1) is 12.8. The third-order valence-electron chi connectivity index (χ3n) is 4.64. The van der Waals surface area contributed by atoms with E-state index in [1.807, 2.05) is 29.2 Å². The van der Waals surface area contributed by atoms with Crippen LogP contribution in [0, 0.1) is 0 Å². The molecule has 7 nitrogen and oxygen atoms in total. The largest absolute Gasteiger partial charge is 0.469 e. The lowest BCUT2D eigenvalue weighted by molar-refractivity contribution is 0.0758. The molecular weight excluding hydrogens is 330 g/mol.